The molecule has 2 fully saturated rings. The van der Waals surface area contributed by atoms with Gasteiger partial charge in [0.05, 0.1) is 6.07 Å². The van der Waals surface area contributed by atoms with Gasteiger partial charge in [-0.2, -0.15) is 5.26 Å². The van der Waals surface area contributed by atoms with Crippen LogP contribution in [0.1, 0.15) is 45.4 Å². The lowest BCUT2D eigenvalue weighted by molar-refractivity contribution is 0.108. The minimum absolute atomic E-state index is 0.279. The van der Waals surface area contributed by atoms with Gasteiger partial charge in [0.1, 0.15) is 5.54 Å². The van der Waals surface area contributed by atoms with Crippen LogP contribution in [0.15, 0.2) is 0 Å². The largest absolute Gasteiger partial charge is 0.306 e. The molecule has 0 aromatic heterocycles. The van der Waals surface area contributed by atoms with Crippen LogP contribution in [0.5, 0.6) is 0 Å². The van der Waals surface area contributed by atoms with E-state index in [2.05, 4.69) is 42.2 Å². The lowest BCUT2D eigenvalue weighted by Crippen LogP contribution is -2.52. The Morgan fingerprint density at radius 2 is 2.05 bits per heavy atom. The van der Waals surface area contributed by atoms with Crippen LogP contribution in [0.25, 0.3) is 0 Å². The van der Waals surface area contributed by atoms with Gasteiger partial charge < -0.3 is 9.80 Å². The first-order valence-electron chi connectivity index (χ1n) is 8.63. The molecule has 2 atom stereocenters. The molecule has 2 rings (SSSR count). The molecule has 1 aliphatic carbocycles. The van der Waals surface area contributed by atoms with Gasteiger partial charge in [-0.1, -0.05) is 6.92 Å². The van der Waals surface area contributed by atoms with Crippen LogP contribution in [0, 0.1) is 17.2 Å². The average Bonchev–Trinajstić information content (AvgIpc) is 2.50. The van der Waals surface area contributed by atoms with Crippen molar-refractivity contribution in [1.82, 2.24) is 15.1 Å². The fourth-order valence-electron chi connectivity index (χ4n) is 4.06. The van der Waals surface area contributed by atoms with Gasteiger partial charge in [-0.15, -0.1) is 0 Å². The van der Waals surface area contributed by atoms with Crippen molar-refractivity contribution in [2.24, 2.45) is 5.92 Å². The number of piperidine rings is 1. The van der Waals surface area contributed by atoms with Gasteiger partial charge in [-0.3, -0.25) is 5.32 Å². The van der Waals surface area contributed by atoms with Crippen molar-refractivity contribution in [3.05, 3.63) is 0 Å². The number of rotatable bonds is 5. The Balaban J connectivity index is 1.87. The van der Waals surface area contributed by atoms with Gasteiger partial charge in [0, 0.05) is 12.6 Å². The summed E-state index contributed by atoms with van der Waals surface area (Å²) in [6.45, 7) is 6.67. The summed E-state index contributed by atoms with van der Waals surface area (Å²) in [5, 5.41) is 13.0. The second-order valence-corrected chi connectivity index (χ2v) is 7.16. The normalized spacial score (nSPS) is 32.2. The van der Waals surface area contributed by atoms with Crippen LogP contribution in [-0.4, -0.2) is 61.7 Å². The van der Waals surface area contributed by atoms with E-state index in [0.29, 0.717) is 6.04 Å². The zero-order chi connectivity index (χ0) is 15.3. The van der Waals surface area contributed by atoms with Crippen LogP contribution < -0.4 is 5.32 Å². The zero-order valence-corrected chi connectivity index (χ0v) is 14.1. The first-order valence-corrected chi connectivity index (χ1v) is 8.63. The van der Waals surface area contributed by atoms with Crippen molar-refractivity contribution >= 4 is 0 Å². The van der Waals surface area contributed by atoms with Gasteiger partial charge in [0.2, 0.25) is 0 Å². The number of nitrogens with one attached hydrogen (secondary N) is 1. The molecule has 0 aromatic carbocycles. The van der Waals surface area contributed by atoms with Crippen LogP contribution in [0.2, 0.25) is 0 Å². The van der Waals surface area contributed by atoms with Crippen molar-refractivity contribution in [2.75, 3.05) is 40.3 Å². The third-order valence-electron chi connectivity index (χ3n) is 5.46. The number of hydrogen-bond donors (Lipinski definition) is 1. The Labute approximate surface area is 130 Å². The number of nitrogens with zero attached hydrogens (tertiary/aromatic N) is 3. The highest BCUT2D eigenvalue weighted by atomic mass is 15.2. The predicted octanol–water partition coefficient (Wildman–Crippen LogP) is 2.07. The average molecular weight is 292 g/mol. The number of likely N-dealkylation sites (tertiary alicyclic amines) is 1. The fourth-order valence-corrected chi connectivity index (χ4v) is 4.06. The maximum Gasteiger partial charge on any atom is 0.108 e. The quantitative estimate of drug-likeness (QED) is 0.842. The summed E-state index contributed by atoms with van der Waals surface area (Å²) in [6.07, 6.45) is 7.06. The third-order valence-corrected chi connectivity index (χ3v) is 5.46. The van der Waals surface area contributed by atoms with E-state index in [1.807, 2.05) is 0 Å². The lowest BCUT2D eigenvalue weighted by atomic mass is 9.79. The van der Waals surface area contributed by atoms with Crippen LogP contribution in [0.3, 0.4) is 0 Å². The van der Waals surface area contributed by atoms with Crippen molar-refractivity contribution in [1.29, 1.82) is 5.26 Å². The molecule has 1 saturated carbocycles. The van der Waals surface area contributed by atoms with Crippen LogP contribution in [0.4, 0.5) is 0 Å². The summed E-state index contributed by atoms with van der Waals surface area (Å²) in [5.41, 5.74) is -0.279. The minimum Gasteiger partial charge on any atom is -0.306 e. The molecule has 0 spiro atoms. The summed E-state index contributed by atoms with van der Waals surface area (Å²) in [7, 11) is 4.49. The third kappa shape index (κ3) is 4.42. The molecular weight excluding hydrogens is 260 g/mol. The van der Waals surface area contributed by atoms with Crippen LogP contribution >= 0.6 is 0 Å². The number of nitriles is 1. The Bertz CT molecular complexity index is 352. The van der Waals surface area contributed by atoms with Gasteiger partial charge in [-0.05, 0) is 78.2 Å². The molecular formula is C17H32N4. The molecule has 0 radical (unpaired) electrons. The smallest absolute Gasteiger partial charge is 0.108 e. The van der Waals surface area contributed by atoms with E-state index in [4.69, 9.17) is 0 Å². The maximum atomic E-state index is 9.59. The van der Waals surface area contributed by atoms with Gasteiger partial charge in [0.15, 0.2) is 0 Å². The molecule has 2 aliphatic rings. The van der Waals surface area contributed by atoms with E-state index in [-0.39, 0.29) is 5.54 Å². The molecule has 2 unspecified atom stereocenters. The van der Waals surface area contributed by atoms with E-state index < -0.39 is 0 Å². The zero-order valence-electron chi connectivity index (χ0n) is 14.1. The summed E-state index contributed by atoms with van der Waals surface area (Å²) >= 11 is 0. The van der Waals surface area contributed by atoms with E-state index in [9.17, 15) is 5.26 Å². The summed E-state index contributed by atoms with van der Waals surface area (Å²) in [4.78, 5) is 4.97. The Hall–Kier alpha value is -0.630. The van der Waals surface area contributed by atoms with E-state index in [0.717, 1.165) is 25.3 Å². The molecule has 1 N–H and O–H groups in total. The summed E-state index contributed by atoms with van der Waals surface area (Å²) < 4.78 is 0. The fraction of sp³-hybridized carbons (Fsp3) is 0.941. The topological polar surface area (TPSA) is 42.3 Å². The molecule has 4 heteroatoms. The molecule has 120 valence electrons. The number of hydrogen-bond acceptors (Lipinski definition) is 4. The van der Waals surface area contributed by atoms with Gasteiger partial charge in [0.25, 0.3) is 0 Å². The second-order valence-electron chi connectivity index (χ2n) is 7.16. The Morgan fingerprint density at radius 1 is 1.33 bits per heavy atom. The van der Waals surface area contributed by atoms with E-state index in [1.165, 1.54) is 45.3 Å². The van der Waals surface area contributed by atoms with Crippen molar-refractivity contribution in [3.63, 3.8) is 0 Å². The molecule has 0 aromatic rings. The minimum atomic E-state index is -0.279. The molecule has 1 heterocycles. The summed E-state index contributed by atoms with van der Waals surface area (Å²) in [5.74, 6) is 0.837. The highest BCUT2D eigenvalue weighted by molar-refractivity contribution is 5.11. The monoisotopic (exact) mass is 292 g/mol. The van der Waals surface area contributed by atoms with Crippen molar-refractivity contribution < 1.29 is 0 Å². The first kappa shape index (κ1) is 16.7. The van der Waals surface area contributed by atoms with E-state index in [1.54, 1.807) is 0 Å². The second kappa shape index (κ2) is 7.58. The molecule has 0 amide bonds. The van der Waals surface area contributed by atoms with Crippen molar-refractivity contribution in [3.8, 4) is 6.07 Å². The maximum absolute atomic E-state index is 9.59. The first-order chi connectivity index (χ1) is 10.1. The molecule has 4 nitrogen and oxygen atoms in total. The predicted molar refractivity (Wildman–Crippen MR) is 87.1 cm³/mol. The van der Waals surface area contributed by atoms with Gasteiger partial charge in [-0.25, -0.2) is 0 Å². The molecule has 1 aliphatic heterocycles. The SMILES string of the molecule is CCNC1(C#N)CCCC(N(C)CC2CCN(C)CC2)C1. The molecule has 0 bridgehead atoms. The van der Waals surface area contributed by atoms with E-state index >= 15 is 0 Å². The Morgan fingerprint density at radius 3 is 2.67 bits per heavy atom. The molecule has 21 heavy (non-hydrogen) atoms. The standard InChI is InChI=1S/C17H32N4/c1-4-19-17(14-18)9-5-6-16(12-17)21(3)13-15-7-10-20(2)11-8-15/h15-16,19H,4-13H2,1-3H3. The summed E-state index contributed by atoms with van der Waals surface area (Å²) in [6, 6.07) is 3.13. The lowest BCUT2D eigenvalue weighted by Gasteiger charge is -2.42. The highest BCUT2D eigenvalue weighted by Crippen LogP contribution is 2.31. The van der Waals surface area contributed by atoms with Crippen molar-refractivity contribution in [2.45, 2.75) is 57.0 Å². The molecule has 1 saturated heterocycles. The van der Waals surface area contributed by atoms with Crippen LogP contribution in [-0.2, 0) is 0 Å². The van der Waals surface area contributed by atoms with Gasteiger partial charge >= 0.3 is 0 Å². The highest BCUT2D eigenvalue weighted by Gasteiger charge is 2.37. The Kier molecular flexibility index (Phi) is 6.04.